The van der Waals surface area contributed by atoms with E-state index in [2.05, 4.69) is 5.32 Å². The number of ether oxygens (including phenoxy) is 1. The van der Waals surface area contributed by atoms with Gasteiger partial charge in [-0.2, -0.15) is 10.4 Å². The van der Waals surface area contributed by atoms with Crippen LogP contribution in [0.25, 0.3) is 23.0 Å². The van der Waals surface area contributed by atoms with E-state index in [1.165, 1.54) is 18.2 Å². The number of hydrogen-bond acceptors (Lipinski definition) is 4. The Kier molecular flexibility index (Phi) is 7.79. The summed E-state index contributed by atoms with van der Waals surface area (Å²) >= 11 is 0. The molecule has 0 aliphatic carbocycles. The fourth-order valence-corrected chi connectivity index (χ4v) is 4.05. The predicted octanol–water partition coefficient (Wildman–Crippen LogP) is 7.11. The molecule has 6 nitrogen and oxygen atoms in total. The van der Waals surface area contributed by atoms with Crippen LogP contribution in [0.2, 0.25) is 0 Å². The van der Waals surface area contributed by atoms with E-state index in [-0.39, 0.29) is 18.0 Å². The zero-order valence-electron chi connectivity index (χ0n) is 21.7. The number of para-hydroxylation sites is 1. The second-order valence-electron chi connectivity index (χ2n) is 9.15. The zero-order chi connectivity index (χ0) is 27.9. The van der Waals surface area contributed by atoms with Crippen molar-refractivity contribution < 1.29 is 13.9 Å². The van der Waals surface area contributed by atoms with Gasteiger partial charge in [0.1, 0.15) is 35.5 Å². The average Bonchev–Trinajstić information content (AvgIpc) is 3.41. The number of carbonyl (C=O) groups is 1. The van der Waals surface area contributed by atoms with Crippen molar-refractivity contribution in [2.75, 3.05) is 5.32 Å². The van der Waals surface area contributed by atoms with Crippen LogP contribution in [0.1, 0.15) is 16.7 Å². The molecule has 196 valence electrons. The van der Waals surface area contributed by atoms with Crippen molar-refractivity contribution >= 4 is 17.7 Å². The molecule has 1 aromatic heterocycles. The molecule has 0 spiro atoms. The summed E-state index contributed by atoms with van der Waals surface area (Å²) < 4.78 is 20.9. The van der Waals surface area contributed by atoms with Crippen molar-refractivity contribution in [3.63, 3.8) is 0 Å². The van der Waals surface area contributed by atoms with Gasteiger partial charge < -0.3 is 10.1 Å². The Hall–Kier alpha value is -5.48. The van der Waals surface area contributed by atoms with Crippen LogP contribution >= 0.6 is 0 Å². The minimum Gasteiger partial charge on any atom is -0.489 e. The monoisotopic (exact) mass is 528 g/mol. The standard InChI is InChI=1S/C33H25FN4O2/c1-23-10-16-29(17-11-23)36-33(39)26(20-35)18-27-21-38(30-7-3-2-4-8-30)37-32(27)25-6-5-9-31(19-25)40-22-24-12-14-28(34)15-13-24/h2-19,21H,22H2,1H3,(H,36,39). The van der Waals surface area contributed by atoms with Gasteiger partial charge in [-0.25, -0.2) is 9.07 Å². The van der Waals surface area contributed by atoms with Crippen molar-refractivity contribution in [2.45, 2.75) is 13.5 Å². The Morgan fingerprint density at radius 2 is 1.75 bits per heavy atom. The van der Waals surface area contributed by atoms with Gasteiger partial charge in [-0.1, -0.05) is 60.2 Å². The molecule has 5 aromatic rings. The summed E-state index contributed by atoms with van der Waals surface area (Å²) in [6, 6.07) is 32.5. The van der Waals surface area contributed by atoms with E-state index in [0.29, 0.717) is 22.7 Å². The third kappa shape index (κ3) is 6.32. The zero-order valence-corrected chi connectivity index (χ0v) is 21.7. The van der Waals surface area contributed by atoms with E-state index in [1.54, 1.807) is 35.1 Å². The lowest BCUT2D eigenvalue weighted by atomic mass is 10.1. The molecule has 0 saturated heterocycles. The van der Waals surface area contributed by atoms with Gasteiger partial charge in [0.05, 0.1) is 5.69 Å². The molecule has 0 unspecified atom stereocenters. The number of nitrogens with zero attached hydrogens (tertiary/aromatic N) is 3. The maximum absolute atomic E-state index is 13.2. The van der Waals surface area contributed by atoms with E-state index in [9.17, 15) is 14.4 Å². The molecule has 40 heavy (non-hydrogen) atoms. The highest BCUT2D eigenvalue weighted by Crippen LogP contribution is 2.29. The molecule has 1 heterocycles. The van der Waals surface area contributed by atoms with Gasteiger partial charge in [-0.15, -0.1) is 0 Å². The van der Waals surface area contributed by atoms with Crippen LogP contribution in [-0.4, -0.2) is 15.7 Å². The lowest BCUT2D eigenvalue weighted by molar-refractivity contribution is -0.112. The summed E-state index contributed by atoms with van der Waals surface area (Å²) in [6.07, 6.45) is 3.32. The fourth-order valence-electron chi connectivity index (χ4n) is 4.05. The van der Waals surface area contributed by atoms with Crippen LogP contribution in [0.15, 0.2) is 115 Å². The van der Waals surface area contributed by atoms with Crippen LogP contribution < -0.4 is 10.1 Å². The Labute approximate surface area is 231 Å². The molecule has 1 amide bonds. The first-order valence-corrected chi connectivity index (χ1v) is 12.6. The van der Waals surface area contributed by atoms with E-state index in [1.807, 2.05) is 79.7 Å². The van der Waals surface area contributed by atoms with Gasteiger partial charge in [0, 0.05) is 23.0 Å². The third-order valence-electron chi connectivity index (χ3n) is 6.16. The molecule has 0 aliphatic heterocycles. The Morgan fingerprint density at radius 1 is 1.00 bits per heavy atom. The molecule has 7 heteroatoms. The molecule has 4 aromatic carbocycles. The molecule has 1 N–H and O–H groups in total. The van der Waals surface area contributed by atoms with Crippen LogP contribution in [-0.2, 0) is 11.4 Å². The minimum absolute atomic E-state index is 0.0573. The van der Waals surface area contributed by atoms with E-state index in [4.69, 9.17) is 9.84 Å². The number of benzene rings is 4. The van der Waals surface area contributed by atoms with Gasteiger partial charge in [0.25, 0.3) is 5.91 Å². The average molecular weight is 529 g/mol. The number of rotatable bonds is 8. The van der Waals surface area contributed by atoms with Crippen molar-refractivity contribution in [1.29, 1.82) is 5.26 Å². The van der Waals surface area contributed by atoms with Crippen LogP contribution in [0, 0.1) is 24.1 Å². The number of carbonyl (C=O) groups excluding carboxylic acids is 1. The quantitative estimate of drug-likeness (QED) is 0.172. The number of aromatic nitrogens is 2. The van der Waals surface area contributed by atoms with Crippen molar-refractivity contribution in [3.05, 3.63) is 137 Å². The number of anilines is 1. The molecule has 0 fully saturated rings. The first-order chi connectivity index (χ1) is 19.5. The Balaban J connectivity index is 1.48. The van der Waals surface area contributed by atoms with E-state index in [0.717, 1.165) is 22.4 Å². The summed E-state index contributed by atoms with van der Waals surface area (Å²) in [6.45, 7) is 2.23. The molecule has 0 aliphatic rings. The first-order valence-electron chi connectivity index (χ1n) is 12.6. The molecule has 0 atom stereocenters. The van der Waals surface area contributed by atoms with Crippen molar-refractivity contribution in [3.8, 4) is 28.8 Å². The molecule has 0 radical (unpaired) electrons. The molecule has 0 bridgehead atoms. The maximum Gasteiger partial charge on any atom is 0.266 e. The fraction of sp³-hybridized carbons (Fsp3) is 0.0606. The van der Waals surface area contributed by atoms with Crippen molar-refractivity contribution in [2.24, 2.45) is 0 Å². The largest absolute Gasteiger partial charge is 0.489 e. The van der Waals surface area contributed by atoms with Crippen LogP contribution in [0.4, 0.5) is 10.1 Å². The number of halogens is 1. The summed E-state index contributed by atoms with van der Waals surface area (Å²) in [7, 11) is 0. The van der Waals surface area contributed by atoms with Crippen molar-refractivity contribution in [1.82, 2.24) is 9.78 Å². The van der Waals surface area contributed by atoms with Crippen LogP contribution in [0.5, 0.6) is 5.75 Å². The highest BCUT2D eigenvalue weighted by atomic mass is 19.1. The van der Waals surface area contributed by atoms with Crippen LogP contribution in [0.3, 0.4) is 0 Å². The summed E-state index contributed by atoms with van der Waals surface area (Å²) in [4.78, 5) is 13.0. The molecular weight excluding hydrogens is 503 g/mol. The lowest BCUT2D eigenvalue weighted by Crippen LogP contribution is -2.13. The SMILES string of the molecule is Cc1ccc(NC(=O)C(C#N)=Cc2cn(-c3ccccc3)nc2-c2cccc(OCc3ccc(F)cc3)c2)cc1. The Morgan fingerprint density at radius 3 is 2.48 bits per heavy atom. The first kappa shape index (κ1) is 26.1. The number of aryl methyl sites for hydroxylation is 1. The normalized spacial score (nSPS) is 11.1. The van der Waals surface area contributed by atoms with E-state index < -0.39 is 5.91 Å². The third-order valence-corrected chi connectivity index (χ3v) is 6.16. The molecular formula is C33H25FN4O2. The Bertz CT molecular complexity index is 1700. The second-order valence-corrected chi connectivity index (χ2v) is 9.15. The van der Waals surface area contributed by atoms with Gasteiger partial charge in [0.15, 0.2) is 0 Å². The smallest absolute Gasteiger partial charge is 0.266 e. The number of nitriles is 1. The molecule has 5 rings (SSSR count). The number of hydrogen-bond donors (Lipinski definition) is 1. The lowest BCUT2D eigenvalue weighted by Gasteiger charge is -2.08. The minimum atomic E-state index is -0.513. The second kappa shape index (κ2) is 11.9. The van der Waals surface area contributed by atoms with Gasteiger partial charge in [-0.3, -0.25) is 4.79 Å². The molecule has 0 saturated carbocycles. The topological polar surface area (TPSA) is 79.9 Å². The summed E-state index contributed by atoms with van der Waals surface area (Å²) in [5, 5.41) is 17.4. The van der Waals surface area contributed by atoms with Gasteiger partial charge in [0.2, 0.25) is 0 Å². The predicted molar refractivity (Wildman–Crippen MR) is 153 cm³/mol. The number of amides is 1. The van der Waals surface area contributed by atoms with Gasteiger partial charge in [-0.05, 0) is 67.1 Å². The number of nitrogens with one attached hydrogen (secondary N) is 1. The van der Waals surface area contributed by atoms with Gasteiger partial charge >= 0.3 is 0 Å². The highest BCUT2D eigenvalue weighted by molar-refractivity contribution is 6.10. The summed E-state index contributed by atoms with van der Waals surface area (Å²) in [5.74, 6) is -0.214. The summed E-state index contributed by atoms with van der Waals surface area (Å²) in [5.41, 5.74) is 5.18. The maximum atomic E-state index is 13.2. The van der Waals surface area contributed by atoms with E-state index >= 15 is 0 Å². The highest BCUT2D eigenvalue weighted by Gasteiger charge is 2.16.